The second kappa shape index (κ2) is 4.22. The van der Waals surface area contributed by atoms with E-state index < -0.39 is 0 Å². The van der Waals surface area contributed by atoms with Gasteiger partial charge in [-0.05, 0) is 37.0 Å². The van der Waals surface area contributed by atoms with Crippen LogP contribution in [0.25, 0.3) is 0 Å². The van der Waals surface area contributed by atoms with Gasteiger partial charge in [-0.15, -0.1) is 0 Å². The largest absolute Gasteiger partial charge is 0.311 e. The Balaban J connectivity index is 1.85. The number of nitrogens with one attached hydrogen (secondary N) is 1. The SMILES string of the molecule is CCC1CCC(C)CC1N[C@@H]1C[C@H]1C. The first-order chi connectivity index (χ1) is 6.70. The molecule has 2 rings (SSSR count). The van der Waals surface area contributed by atoms with Gasteiger partial charge in [0, 0.05) is 12.1 Å². The third-order valence-electron chi connectivity index (χ3n) is 4.32. The highest BCUT2D eigenvalue weighted by Crippen LogP contribution is 2.35. The zero-order chi connectivity index (χ0) is 10.1. The Hall–Kier alpha value is -0.0400. The van der Waals surface area contributed by atoms with Gasteiger partial charge < -0.3 is 5.32 Å². The van der Waals surface area contributed by atoms with Gasteiger partial charge in [0.15, 0.2) is 0 Å². The van der Waals surface area contributed by atoms with Crippen LogP contribution in [0, 0.1) is 17.8 Å². The smallest absolute Gasteiger partial charge is 0.0100 e. The van der Waals surface area contributed by atoms with Crippen molar-refractivity contribution in [1.82, 2.24) is 5.32 Å². The summed E-state index contributed by atoms with van der Waals surface area (Å²) in [4.78, 5) is 0. The lowest BCUT2D eigenvalue weighted by Crippen LogP contribution is -2.42. The van der Waals surface area contributed by atoms with Crippen molar-refractivity contribution in [2.24, 2.45) is 17.8 Å². The fraction of sp³-hybridized carbons (Fsp3) is 1.00. The lowest BCUT2D eigenvalue weighted by atomic mass is 9.78. The van der Waals surface area contributed by atoms with E-state index in [9.17, 15) is 0 Å². The summed E-state index contributed by atoms with van der Waals surface area (Å²) < 4.78 is 0. The molecule has 1 heteroatoms. The van der Waals surface area contributed by atoms with Crippen LogP contribution in [0.1, 0.15) is 52.9 Å². The van der Waals surface area contributed by atoms with E-state index in [2.05, 4.69) is 26.1 Å². The lowest BCUT2D eigenvalue weighted by molar-refractivity contribution is 0.206. The molecule has 0 aliphatic heterocycles. The Labute approximate surface area is 88.7 Å². The van der Waals surface area contributed by atoms with E-state index in [1.807, 2.05) is 0 Å². The molecular weight excluding hydrogens is 170 g/mol. The molecule has 0 radical (unpaired) electrons. The molecular formula is C13H25N. The maximum absolute atomic E-state index is 3.87. The minimum absolute atomic E-state index is 0.832. The minimum atomic E-state index is 0.832. The monoisotopic (exact) mass is 195 g/mol. The van der Waals surface area contributed by atoms with Gasteiger partial charge in [0.2, 0.25) is 0 Å². The van der Waals surface area contributed by atoms with Crippen LogP contribution in [-0.2, 0) is 0 Å². The van der Waals surface area contributed by atoms with Crippen LogP contribution < -0.4 is 5.32 Å². The lowest BCUT2D eigenvalue weighted by Gasteiger charge is -2.35. The Kier molecular flexibility index (Phi) is 3.16. The molecule has 3 unspecified atom stereocenters. The van der Waals surface area contributed by atoms with E-state index in [1.54, 1.807) is 0 Å². The molecule has 2 aliphatic rings. The second-order valence-electron chi connectivity index (χ2n) is 5.68. The van der Waals surface area contributed by atoms with Crippen LogP contribution in [0.5, 0.6) is 0 Å². The highest BCUT2D eigenvalue weighted by molar-refractivity contribution is 4.94. The van der Waals surface area contributed by atoms with E-state index in [1.165, 1.54) is 32.1 Å². The van der Waals surface area contributed by atoms with Crippen molar-refractivity contribution in [2.75, 3.05) is 0 Å². The summed E-state index contributed by atoms with van der Waals surface area (Å²) >= 11 is 0. The summed E-state index contributed by atoms with van der Waals surface area (Å²) in [5.74, 6) is 2.85. The van der Waals surface area contributed by atoms with Crippen molar-refractivity contribution in [1.29, 1.82) is 0 Å². The first kappa shape index (κ1) is 10.5. The van der Waals surface area contributed by atoms with Crippen molar-refractivity contribution in [3.8, 4) is 0 Å². The van der Waals surface area contributed by atoms with Crippen LogP contribution >= 0.6 is 0 Å². The van der Waals surface area contributed by atoms with Crippen molar-refractivity contribution < 1.29 is 0 Å². The van der Waals surface area contributed by atoms with Gasteiger partial charge in [0.1, 0.15) is 0 Å². The predicted octanol–water partition coefficient (Wildman–Crippen LogP) is 3.20. The normalized spacial score (nSPS) is 47.8. The van der Waals surface area contributed by atoms with Crippen LogP contribution in [0.15, 0.2) is 0 Å². The first-order valence-corrected chi connectivity index (χ1v) is 6.46. The molecule has 0 amide bonds. The predicted molar refractivity (Wildman–Crippen MR) is 61.3 cm³/mol. The van der Waals surface area contributed by atoms with E-state index in [4.69, 9.17) is 0 Å². The topological polar surface area (TPSA) is 12.0 Å². The van der Waals surface area contributed by atoms with Gasteiger partial charge >= 0.3 is 0 Å². The van der Waals surface area contributed by atoms with Gasteiger partial charge in [0.25, 0.3) is 0 Å². The number of rotatable bonds is 3. The van der Waals surface area contributed by atoms with Crippen LogP contribution in [0.2, 0.25) is 0 Å². The Morgan fingerprint density at radius 2 is 1.79 bits per heavy atom. The second-order valence-corrected chi connectivity index (χ2v) is 5.68. The summed E-state index contributed by atoms with van der Waals surface area (Å²) in [5, 5.41) is 3.87. The molecule has 0 bridgehead atoms. The highest BCUT2D eigenvalue weighted by Gasteiger charge is 2.37. The summed E-state index contributed by atoms with van der Waals surface area (Å²) in [6, 6.07) is 1.69. The Morgan fingerprint density at radius 1 is 1.07 bits per heavy atom. The Bertz CT molecular complexity index is 190. The molecule has 5 atom stereocenters. The minimum Gasteiger partial charge on any atom is -0.311 e. The van der Waals surface area contributed by atoms with Crippen LogP contribution in [0.4, 0.5) is 0 Å². The first-order valence-electron chi connectivity index (χ1n) is 6.46. The summed E-state index contributed by atoms with van der Waals surface area (Å²) in [6.45, 7) is 7.13. The summed E-state index contributed by atoms with van der Waals surface area (Å²) in [7, 11) is 0. The number of hydrogen-bond donors (Lipinski definition) is 1. The van der Waals surface area contributed by atoms with Crippen molar-refractivity contribution in [2.45, 2.75) is 65.0 Å². The standard InChI is InChI=1S/C13H25N/c1-4-11-6-5-9(2)7-13(11)14-12-8-10(12)3/h9-14H,4-8H2,1-3H3/t9?,10-,11?,12-,13?/m1/s1. The van der Waals surface area contributed by atoms with Gasteiger partial charge in [-0.2, -0.15) is 0 Å². The fourth-order valence-corrected chi connectivity index (χ4v) is 2.97. The summed E-state index contributed by atoms with van der Waals surface area (Å²) in [6.07, 6.45) is 7.11. The van der Waals surface area contributed by atoms with Crippen molar-refractivity contribution in [3.63, 3.8) is 0 Å². The number of hydrogen-bond acceptors (Lipinski definition) is 1. The van der Waals surface area contributed by atoms with Crippen LogP contribution in [-0.4, -0.2) is 12.1 Å². The Morgan fingerprint density at radius 3 is 2.36 bits per heavy atom. The summed E-state index contributed by atoms with van der Waals surface area (Å²) in [5.41, 5.74) is 0. The quantitative estimate of drug-likeness (QED) is 0.729. The van der Waals surface area contributed by atoms with E-state index in [0.29, 0.717) is 0 Å². The van der Waals surface area contributed by atoms with Gasteiger partial charge in [-0.25, -0.2) is 0 Å². The average molecular weight is 195 g/mol. The molecule has 2 aliphatic carbocycles. The maximum Gasteiger partial charge on any atom is 0.0100 e. The molecule has 1 N–H and O–H groups in total. The third kappa shape index (κ3) is 2.31. The van der Waals surface area contributed by atoms with Gasteiger partial charge in [-0.1, -0.05) is 33.6 Å². The van der Waals surface area contributed by atoms with Gasteiger partial charge in [0.05, 0.1) is 0 Å². The molecule has 14 heavy (non-hydrogen) atoms. The van der Waals surface area contributed by atoms with Crippen LogP contribution in [0.3, 0.4) is 0 Å². The van der Waals surface area contributed by atoms with E-state index >= 15 is 0 Å². The molecule has 0 aromatic carbocycles. The van der Waals surface area contributed by atoms with Crippen molar-refractivity contribution >= 4 is 0 Å². The zero-order valence-corrected chi connectivity index (χ0v) is 9.92. The molecule has 0 aromatic rings. The molecule has 0 spiro atoms. The third-order valence-corrected chi connectivity index (χ3v) is 4.32. The molecule has 2 fully saturated rings. The van der Waals surface area contributed by atoms with Gasteiger partial charge in [-0.3, -0.25) is 0 Å². The maximum atomic E-state index is 3.87. The fourth-order valence-electron chi connectivity index (χ4n) is 2.97. The van der Waals surface area contributed by atoms with Crippen molar-refractivity contribution in [3.05, 3.63) is 0 Å². The van der Waals surface area contributed by atoms with E-state index in [-0.39, 0.29) is 0 Å². The average Bonchev–Trinajstić information content (AvgIpc) is 2.82. The van der Waals surface area contributed by atoms with E-state index in [0.717, 1.165) is 29.8 Å². The highest BCUT2D eigenvalue weighted by atomic mass is 15.0. The molecule has 82 valence electrons. The zero-order valence-electron chi connectivity index (χ0n) is 9.92. The molecule has 0 aromatic heterocycles. The molecule has 1 nitrogen and oxygen atoms in total. The molecule has 0 heterocycles. The molecule has 2 saturated carbocycles. The molecule has 0 saturated heterocycles.